The van der Waals surface area contributed by atoms with Crippen LogP contribution in [0.4, 0.5) is 0 Å². The van der Waals surface area contributed by atoms with Crippen LogP contribution in [0.2, 0.25) is 5.02 Å². The van der Waals surface area contributed by atoms with Crippen molar-refractivity contribution >= 4 is 51.6 Å². The summed E-state index contributed by atoms with van der Waals surface area (Å²) in [5, 5.41) is 8.03. The largest absolute Gasteiger partial charge is 0.351 e. The highest BCUT2D eigenvalue weighted by atomic mass is 35.5. The zero-order valence-corrected chi connectivity index (χ0v) is 22.0. The zero-order valence-electron chi connectivity index (χ0n) is 20.4. The number of amides is 3. The molecule has 0 saturated heterocycles. The number of nitrogens with zero attached hydrogens (tertiary/aromatic N) is 3. The highest BCUT2D eigenvalue weighted by molar-refractivity contribution is 7.13. The van der Waals surface area contributed by atoms with E-state index in [0.29, 0.717) is 35.0 Å². The normalized spacial score (nSPS) is 21.8. The summed E-state index contributed by atoms with van der Waals surface area (Å²) in [6.07, 6.45) is 1.66. The van der Waals surface area contributed by atoms with Crippen molar-refractivity contribution in [3.63, 3.8) is 0 Å². The lowest BCUT2D eigenvalue weighted by Crippen LogP contribution is -2.56. The molecule has 3 aromatic rings. The van der Waals surface area contributed by atoms with Crippen LogP contribution in [0.15, 0.2) is 24.3 Å². The number of nitrogens with one attached hydrogen (secondary N) is 3. The average molecular weight is 529 g/mol. The third-order valence-corrected chi connectivity index (χ3v) is 8.22. The minimum Gasteiger partial charge on any atom is -0.351 e. The molecule has 1 aliphatic carbocycles. The highest BCUT2D eigenvalue weighted by Gasteiger charge is 2.37. The summed E-state index contributed by atoms with van der Waals surface area (Å²) in [4.78, 5) is 51.5. The van der Waals surface area contributed by atoms with Gasteiger partial charge in [-0.15, -0.1) is 11.3 Å². The number of aromatic nitrogens is 2. The van der Waals surface area contributed by atoms with Crippen LogP contribution in [0.1, 0.15) is 50.1 Å². The molecule has 1 saturated carbocycles. The van der Waals surface area contributed by atoms with Gasteiger partial charge < -0.3 is 20.5 Å². The van der Waals surface area contributed by atoms with E-state index in [1.54, 1.807) is 37.2 Å². The maximum atomic E-state index is 13.2. The Morgan fingerprint density at radius 3 is 2.64 bits per heavy atom. The molecule has 3 heterocycles. The van der Waals surface area contributed by atoms with Crippen molar-refractivity contribution < 1.29 is 14.4 Å². The molecule has 9 nitrogen and oxygen atoms in total. The minimum absolute atomic E-state index is 0.0304. The van der Waals surface area contributed by atoms with Gasteiger partial charge in [0.1, 0.15) is 5.69 Å². The van der Waals surface area contributed by atoms with E-state index < -0.39 is 6.04 Å². The summed E-state index contributed by atoms with van der Waals surface area (Å²) in [6.45, 7) is 1.52. The van der Waals surface area contributed by atoms with E-state index in [2.05, 4.69) is 25.5 Å². The van der Waals surface area contributed by atoms with E-state index in [1.807, 2.05) is 13.1 Å². The molecule has 3 amide bonds. The van der Waals surface area contributed by atoms with Crippen molar-refractivity contribution in [3.05, 3.63) is 50.6 Å². The molecule has 0 bridgehead atoms. The summed E-state index contributed by atoms with van der Waals surface area (Å²) < 4.78 is 0. The smallest absolute Gasteiger partial charge is 0.280 e. The third kappa shape index (κ3) is 4.98. The molecule has 0 spiro atoms. The fraction of sp³-hybridized carbons (Fsp3) is 0.440. The maximum absolute atomic E-state index is 13.2. The van der Waals surface area contributed by atoms with Gasteiger partial charge in [0.05, 0.1) is 11.7 Å². The quantitative estimate of drug-likeness (QED) is 0.471. The Bertz CT molecular complexity index is 1310. The predicted octanol–water partition coefficient (Wildman–Crippen LogP) is 3.01. The number of benzene rings is 1. The monoisotopic (exact) mass is 528 g/mol. The molecule has 0 radical (unpaired) electrons. The van der Waals surface area contributed by atoms with Crippen LogP contribution < -0.4 is 10.6 Å². The molecule has 0 unspecified atom stereocenters. The highest BCUT2D eigenvalue weighted by Crippen LogP contribution is 2.30. The van der Waals surface area contributed by atoms with Gasteiger partial charge in [0, 0.05) is 59.9 Å². The van der Waals surface area contributed by atoms with Crippen LogP contribution in [0, 0.1) is 5.92 Å². The first-order valence-electron chi connectivity index (χ1n) is 12.0. The molecule has 1 aromatic carbocycles. The van der Waals surface area contributed by atoms with Gasteiger partial charge in [0.2, 0.25) is 5.91 Å². The lowest BCUT2D eigenvalue weighted by Gasteiger charge is -2.37. The van der Waals surface area contributed by atoms with Crippen LogP contribution in [0.5, 0.6) is 0 Å². The van der Waals surface area contributed by atoms with Crippen LogP contribution in [0.3, 0.4) is 0 Å². The Balaban J connectivity index is 1.33. The number of carbonyl (C=O) groups is 3. The third-order valence-electron chi connectivity index (χ3n) is 6.91. The molecule has 5 rings (SSSR count). The molecule has 1 aliphatic heterocycles. The summed E-state index contributed by atoms with van der Waals surface area (Å²) >= 11 is 7.49. The Morgan fingerprint density at radius 2 is 1.89 bits per heavy atom. The van der Waals surface area contributed by atoms with Crippen LogP contribution in [-0.4, -0.2) is 70.7 Å². The number of carbonyl (C=O) groups excluding carboxylic acids is 3. The molecule has 190 valence electrons. The Labute approximate surface area is 218 Å². The lowest BCUT2D eigenvalue weighted by atomic mass is 9.81. The topological polar surface area (TPSA) is 110 Å². The van der Waals surface area contributed by atoms with Gasteiger partial charge in [-0.05, 0) is 50.6 Å². The van der Waals surface area contributed by atoms with Crippen molar-refractivity contribution in [1.82, 2.24) is 30.4 Å². The minimum atomic E-state index is -0.399. The Morgan fingerprint density at radius 1 is 1.11 bits per heavy atom. The van der Waals surface area contributed by atoms with Crippen LogP contribution >= 0.6 is 22.9 Å². The van der Waals surface area contributed by atoms with E-state index in [4.69, 9.17) is 11.6 Å². The summed E-state index contributed by atoms with van der Waals surface area (Å²) in [5.74, 6) is -0.717. The van der Waals surface area contributed by atoms with Crippen molar-refractivity contribution in [2.75, 3.05) is 21.1 Å². The van der Waals surface area contributed by atoms with Gasteiger partial charge in [0.25, 0.3) is 11.8 Å². The van der Waals surface area contributed by atoms with Gasteiger partial charge in [-0.2, -0.15) is 0 Å². The molecule has 2 aliphatic rings. The molecule has 3 atom stereocenters. The molecular weight excluding hydrogens is 500 g/mol. The van der Waals surface area contributed by atoms with Crippen LogP contribution in [0.25, 0.3) is 10.9 Å². The Hall–Kier alpha value is -2.95. The second-order valence-corrected chi connectivity index (χ2v) is 11.4. The SMILES string of the molecule is CN1Cc2nc(C(=O)N[C@H]3C[C@@H](C(=O)N(C)C)CC[C@@H]3NC(=O)c3cc4cc(Cl)ccc4[nH]3)sc2C1. The molecule has 11 heteroatoms. The lowest BCUT2D eigenvalue weighted by molar-refractivity contribution is -0.134. The molecule has 1 fully saturated rings. The molecule has 2 aromatic heterocycles. The Kier molecular flexibility index (Phi) is 6.76. The first kappa shape index (κ1) is 24.7. The van der Waals surface area contributed by atoms with E-state index in [0.717, 1.165) is 34.6 Å². The number of H-pyrrole nitrogens is 1. The molecule has 36 heavy (non-hydrogen) atoms. The second-order valence-electron chi connectivity index (χ2n) is 9.88. The first-order valence-corrected chi connectivity index (χ1v) is 13.2. The van der Waals surface area contributed by atoms with E-state index in [-0.39, 0.29) is 29.7 Å². The van der Waals surface area contributed by atoms with Gasteiger partial charge >= 0.3 is 0 Å². The number of hydrogen-bond acceptors (Lipinski definition) is 6. The van der Waals surface area contributed by atoms with Crippen molar-refractivity contribution in [3.8, 4) is 0 Å². The molecule has 3 N–H and O–H groups in total. The summed E-state index contributed by atoms with van der Waals surface area (Å²) in [7, 11) is 5.49. The van der Waals surface area contributed by atoms with Crippen molar-refractivity contribution in [2.45, 2.75) is 44.4 Å². The number of aromatic amines is 1. The number of thiazole rings is 1. The fourth-order valence-corrected chi connectivity index (χ4v) is 6.31. The van der Waals surface area contributed by atoms with Crippen molar-refractivity contribution in [2.24, 2.45) is 5.92 Å². The number of halogens is 1. The van der Waals surface area contributed by atoms with E-state index in [9.17, 15) is 14.4 Å². The van der Waals surface area contributed by atoms with Crippen molar-refractivity contribution in [1.29, 1.82) is 0 Å². The summed E-state index contributed by atoms with van der Waals surface area (Å²) in [6, 6.07) is 6.44. The van der Waals surface area contributed by atoms with E-state index in [1.165, 1.54) is 11.3 Å². The maximum Gasteiger partial charge on any atom is 0.280 e. The van der Waals surface area contributed by atoms with Gasteiger partial charge in [0.15, 0.2) is 5.01 Å². The van der Waals surface area contributed by atoms with Gasteiger partial charge in [-0.1, -0.05) is 11.6 Å². The second kappa shape index (κ2) is 9.84. The number of rotatable bonds is 5. The van der Waals surface area contributed by atoms with Gasteiger partial charge in [-0.3, -0.25) is 19.3 Å². The predicted molar refractivity (Wildman–Crippen MR) is 139 cm³/mol. The molecular formula is C25H29ClN6O3S. The zero-order chi connectivity index (χ0) is 25.6. The fourth-order valence-electron chi connectivity index (χ4n) is 5.08. The standard InChI is InChI=1S/C25H29ClN6O3S/c1-31(2)25(35)13-4-6-17(28-22(33)19-10-14-8-15(26)5-7-16(14)27-19)18(9-13)29-23(34)24-30-20-11-32(3)12-21(20)36-24/h5,7-8,10,13,17-18,27H,4,6,9,11-12H2,1-3H3,(H,28,33)(H,29,34)/t13-,17-,18-/m0/s1. The van der Waals surface area contributed by atoms with Gasteiger partial charge in [-0.25, -0.2) is 4.98 Å². The number of hydrogen-bond donors (Lipinski definition) is 3. The first-order chi connectivity index (χ1) is 17.2. The summed E-state index contributed by atoms with van der Waals surface area (Å²) in [5.41, 5.74) is 2.18. The van der Waals surface area contributed by atoms with Crippen LogP contribution in [-0.2, 0) is 17.9 Å². The number of fused-ring (bicyclic) bond motifs is 2. The average Bonchev–Trinajstić information content (AvgIpc) is 3.52. The van der Waals surface area contributed by atoms with E-state index >= 15 is 0 Å².